The molecular formula is C7H2BrClN2O. The van der Waals surface area contributed by atoms with E-state index in [1.54, 1.807) is 0 Å². The molecule has 0 aromatic carbocycles. The molecule has 1 heterocycles. The van der Waals surface area contributed by atoms with Crippen LogP contribution < -0.4 is 0 Å². The molecule has 0 fully saturated rings. The van der Waals surface area contributed by atoms with E-state index in [0.717, 1.165) is 0 Å². The van der Waals surface area contributed by atoms with Crippen LogP contribution in [0.4, 0.5) is 0 Å². The fourth-order valence-electron chi connectivity index (χ4n) is 0.643. The SMILES string of the molecule is N#Cc1ccc(C(=O)Cl)c(Br)n1. The van der Waals surface area contributed by atoms with Gasteiger partial charge in [0, 0.05) is 0 Å². The minimum absolute atomic E-state index is 0.239. The van der Waals surface area contributed by atoms with E-state index in [2.05, 4.69) is 20.9 Å². The lowest BCUT2D eigenvalue weighted by Gasteiger charge is -1.96. The summed E-state index contributed by atoms with van der Waals surface area (Å²) >= 11 is 8.23. The maximum Gasteiger partial charge on any atom is 0.255 e. The Bertz CT molecular complexity index is 372. The first-order valence-electron chi connectivity index (χ1n) is 2.91. The molecule has 12 heavy (non-hydrogen) atoms. The molecule has 1 aromatic rings. The lowest BCUT2D eigenvalue weighted by molar-refractivity contribution is 0.108. The third kappa shape index (κ3) is 1.81. The van der Waals surface area contributed by atoms with Gasteiger partial charge in [0.2, 0.25) is 0 Å². The summed E-state index contributed by atoms with van der Waals surface area (Å²) in [5, 5.41) is 7.84. The maximum atomic E-state index is 10.7. The number of aromatic nitrogens is 1. The van der Waals surface area contributed by atoms with Gasteiger partial charge in [-0.05, 0) is 39.7 Å². The van der Waals surface area contributed by atoms with E-state index >= 15 is 0 Å². The van der Waals surface area contributed by atoms with Gasteiger partial charge in [0.05, 0.1) is 5.56 Å². The van der Waals surface area contributed by atoms with Crippen molar-refractivity contribution in [3.63, 3.8) is 0 Å². The van der Waals surface area contributed by atoms with Crippen LogP contribution in [0.15, 0.2) is 16.7 Å². The molecule has 0 N–H and O–H groups in total. The maximum absolute atomic E-state index is 10.7. The van der Waals surface area contributed by atoms with Crippen molar-refractivity contribution in [2.24, 2.45) is 0 Å². The van der Waals surface area contributed by atoms with Crippen molar-refractivity contribution < 1.29 is 4.79 Å². The van der Waals surface area contributed by atoms with Crippen LogP contribution in [-0.4, -0.2) is 10.2 Å². The van der Waals surface area contributed by atoms with Crippen molar-refractivity contribution >= 4 is 32.8 Å². The van der Waals surface area contributed by atoms with Gasteiger partial charge in [0.25, 0.3) is 5.24 Å². The quantitative estimate of drug-likeness (QED) is 0.562. The van der Waals surface area contributed by atoms with Gasteiger partial charge in [0.15, 0.2) is 0 Å². The molecule has 1 rings (SSSR count). The van der Waals surface area contributed by atoms with Gasteiger partial charge in [-0.3, -0.25) is 4.79 Å². The molecule has 0 bridgehead atoms. The summed E-state index contributed by atoms with van der Waals surface area (Å²) in [6, 6.07) is 4.72. The number of hydrogen-bond acceptors (Lipinski definition) is 3. The topological polar surface area (TPSA) is 53.8 Å². The second-order valence-corrected chi connectivity index (χ2v) is 3.01. The van der Waals surface area contributed by atoms with Gasteiger partial charge < -0.3 is 0 Å². The molecule has 1 aromatic heterocycles. The highest BCUT2D eigenvalue weighted by Gasteiger charge is 2.08. The standard InChI is InChI=1S/C7H2BrClN2O/c8-6-5(7(9)12)2-1-4(3-10)11-6/h1-2H. The summed E-state index contributed by atoms with van der Waals surface area (Å²) in [5.74, 6) is 0. The number of pyridine rings is 1. The molecule has 0 aliphatic rings. The van der Waals surface area contributed by atoms with Crippen LogP contribution in [0.2, 0.25) is 0 Å². The van der Waals surface area contributed by atoms with Crippen molar-refractivity contribution in [3.05, 3.63) is 28.0 Å². The molecule has 3 nitrogen and oxygen atoms in total. The number of nitriles is 1. The largest absolute Gasteiger partial charge is 0.276 e. The molecule has 0 saturated heterocycles. The highest BCUT2D eigenvalue weighted by Crippen LogP contribution is 2.16. The summed E-state index contributed by atoms with van der Waals surface area (Å²) in [6.07, 6.45) is 0. The predicted molar refractivity (Wildman–Crippen MR) is 46.8 cm³/mol. The van der Waals surface area contributed by atoms with Crippen molar-refractivity contribution in [2.45, 2.75) is 0 Å². The second kappa shape index (κ2) is 3.65. The van der Waals surface area contributed by atoms with Crippen LogP contribution in [0, 0.1) is 11.3 Å². The normalized spacial score (nSPS) is 9.08. The number of nitrogens with zero attached hydrogens (tertiary/aromatic N) is 2. The number of rotatable bonds is 1. The van der Waals surface area contributed by atoms with Crippen LogP contribution in [0.1, 0.15) is 16.1 Å². The fourth-order valence-corrected chi connectivity index (χ4v) is 1.41. The summed E-state index contributed by atoms with van der Waals surface area (Å²) < 4.78 is 0.293. The van der Waals surface area contributed by atoms with Gasteiger partial charge >= 0.3 is 0 Å². The Morgan fingerprint density at radius 1 is 1.67 bits per heavy atom. The molecule has 0 unspecified atom stereocenters. The van der Waals surface area contributed by atoms with Crippen LogP contribution in [0.25, 0.3) is 0 Å². The van der Waals surface area contributed by atoms with Gasteiger partial charge in [0.1, 0.15) is 16.4 Å². The minimum atomic E-state index is -0.598. The Balaban J connectivity index is 3.23. The molecule has 0 radical (unpaired) electrons. The van der Waals surface area contributed by atoms with Crippen LogP contribution in [0.3, 0.4) is 0 Å². The molecule has 0 aliphatic heterocycles. The van der Waals surface area contributed by atoms with Gasteiger partial charge in [-0.1, -0.05) is 0 Å². The number of carbonyl (C=O) groups is 1. The predicted octanol–water partition coefficient (Wildman–Crippen LogP) is 2.09. The molecular weight excluding hydrogens is 243 g/mol. The van der Waals surface area contributed by atoms with E-state index in [1.807, 2.05) is 6.07 Å². The zero-order valence-corrected chi connectivity index (χ0v) is 8.06. The Kier molecular flexibility index (Phi) is 2.79. The summed E-state index contributed by atoms with van der Waals surface area (Å²) in [4.78, 5) is 14.4. The molecule has 60 valence electrons. The third-order valence-corrected chi connectivity index (χ3v) is 1.98. The smallest absolute Gasteiger partial charge is 0.255 e. The summed E-state index contributed by atoms with van der Waals surface area (Å²) in [5.41, 5.74) is 0.499. The van der Waals surface area contributed by atoms with Gasteiger partial charge in [-0.25, -0.2) is 4.98 Å². The molecule has 5 heteroatoms. The zero-order chi connectivity index (χ0) is 9.14. The van der Waals surface area contributed by atoms with Crippen LogP contribution >= 0.6 is 27.5 Å². The average molecular weight is 245 g/mol. The lowest BCUT2D eigenvalue weighted by Crippen LogP contribution is -1.94. The summed E-state index contributed by atoms with van der Waals surface area (Å²) in [6.45, 7) is 0. The van der Waals surface area contributed by atoms with Crippen molar-refractivity contribution in [1.82, 2.24) is 4.98 Å². The van der Waals surface area contributed by atoms with E-state index < -0.39 is 5.24 Å². The van der Waals surface area contributed by atoms with Crippen molar-refractivity contribution in [1.29, 1.82) is 5.26 Å². The first kappa shape index (κ1) is 9.17. The molecule has 0 spiro atoms. The summed E-state index contributed by atoms with van der Waals surface area (Å²) in [7, 11) is 0. The number of hydrogen-bond donors (Lipinski definition) is 0. The monoisotopic (exact) mass is 244 g/mol. The molecule has 0 saturated carbocycles. The fraction of sp³-hybridized carbons (Fsp3) is 0. The van der Waals surface area contributed by atoms with E-state index in [-0.39, 0.29) is 11.3 Å². The number of halogens is 2. The Labute approximate surface area is 82.1 Å². The average Bonchev–Trinajstić information content (AvgIpc) is 2.03. The first-order chi connectivity index (χ1) is 5.65. The first-order valence-corrected chi connectivity index (χ1v) is 4.08. The van der Waals surface area contributed by atoms with Crippen molar-refractivity contribution in [3.8, 4) is 6.07 Å². The Morgan fingerprint density at radius 2 is 2.33 bits per heavy atom. The van der Waals surface area contributed by atoms with E-state index in [0.29, 0.717) is 4.60 Å². The minimum Gasteiger partial charge on any atom is -0.276 e. The third-order valence-electron chi connectivity index (χ3n) is 1.18. The van der Waals surface area contributed by atoms with Gasteiger partial charge in [-0.2, -0.15) is 5.26 Å². The Hall–Kier alpha value is -0.920. The van der Waals surface area contributed by atoms with E-state index in [9.17, 15) is 4.79 Å². The lowest BCUT2D eigenvalue weighted by atomic mass is 10.3. The highest BCUT2D eigenvalue weighted by atomic mass is 79.9. The van der Waals surface area contributed by atoms with E-state index in [1.165, 1.54) is 12.1 Å². The van der Waals surface area contributed by atoms with Gasteiger partial charge in [-0.15, -0.1) is 0 Å². The molecule has 0 aliphatic carbocycles. The zero-order valence-electron chi connectivity index (χ0n) is 5.71. The van der Waals surface area contributed by atoms with Crippen LogP contribution in [-0.2, 0) is 0 Å². The Morgan fingerprint density at radius 3 is 2.75 bits per heavy atom. The second-order valence-electron chi connectivity index (χ2n) is 1.92. The number of carbonyl (C=O) groups excluding carboxylic acids is 1. The van der Waals surface area contributed by atoms with Crippen LogP contribution in [0.5, 0.6) is 0 Å². The highest BCUT2D eigenvalue weighted by molar-refractivity contribution is 9.10. The van der Waals surface area contributed by atoms with Crippen molar-refractivity contribution in [2.75, 3.05) is 0 Å². The molecule has 0 atom stereocenters. The van der Waals surface area contributed by atoms with E-state index in [4.69, 9.17) is 16.9 Å². The molecule has 0 amide bonds.